The molecule has 2 atom stereocenters. The Kier molecular flexibility index (Phi) is 8.82. The van der Waals surface area contributed by atoms with Crippen LogP contribution in [0.3, 0.4) is 0 Å². The summed E-state index contributed by atoms with van der Waals surface area (Å²) in [4.78, 5) is 6.57. The van der Waals surface area contributed by atoms with Crippen LogP contribution in [0.4, 0.5) is 5.69 Å². The van der Waals surface area contributed by atoms with Gasteiger partial charge in [0.1, 0.15) is 35.7 Å². The van der Waals surface area contributed by atoms with Crippen LogP contribution in [0.25, 0.3) is 0 Å². The zero-order valence-corrected chi connectivity index (χ0v) is 27.3. The highest BCUT2D eigenvalue weighted by molar-refractivity contribution is 7.93. The van der Waals surface area contributed by atoms with Gasteiger partial charge in [-0.2, -0.15) is 4.31 Å². The lowest BCUT2D eigenvalue weighted by atomic mass is 9.88. The van der Waals surface area contributed by atoms with E-state index in [1.807, 2.05) is 11.9 Å². The highest BCUT2D eigenvalue weighted by Crippen LogP contribution is 2.46. The molecule has 6 rings (SSSR count). The van der Waals surface area contributed by atoms with Crippen molar-refractivity contribution in [2.45, 2.75) is 71.3 Å². The molecule has 1 saturated carbocycles. The maximum absolute atomic E-state index is 13.6. The van der Waals surface area contributed by atoms with Gasteiger partial charge in [-0.05, 0) is 62.8 Å². The summed E-state index contributed by atoms with van der Waals surface area (Å²) in [6.07, 6.45) is 3.24. The molecule has 45 heavy (non-hydrogen) atoms. The summed E-state index contributed by atoms with van der Waals surface area (Å²) in [6, 6.07) is 6.14. The van der Waals surface area contributed by atoms with E-state index in [2.05, 4.69) is 10.3 Å². The van der Waals surface area contributed by atoms with Gasteiger partial charge >= 0.3 is 0 Å². The molecule has 2 saturated heterocycles. The maximum Gasteiger partial charge on any atom is 0.244 e. The van der Waals surface area contributed by atoms with Crippen LogP contribution in [0.15, 0.2) is 40.3 Å². The zero-order chi connectivity index (χ0) is 32.0. The van der Waals surface area contributed by atoms with Crippen LogP contribution in [0.5, 0.6) is 11.6 Å². The average Bonchev–Trinajstić information content (AvgIpc) is 3.75. The highest BCUT2D eigenvalue weighted by atomic mass is 32.2. The van der Waals surface area contributed by atoms with E-state index in [1.165, 1.54) is 22.6 Å². The Balaban J connectivity index is 0.982. The number of aromatic nitrogens is 1. The summed E-state index contributed by atoms with van der Waals surface area (Å²) in [5.74, 6) is 0.785. The summed E-state index contributed by atoms with van der Waals surface area (Å²) < 4.78 is 71.0. The van der Waals surface area contributed by atoms with Gasteiger partial charge in [0.2, 0.25) is 15.9 Å². The summed E-state index contributed by atoms with van der Waals surface area (Å²) in [7, 11) is -5.52. The predicted molar refractivity (Wildman–Crippen MR) is 165 cm³/mol. The Labute approximate surface area is 264 Å². The summed E-state index contributed by atoms with van der Waals surface area (Å²) in [6.45, 7) is 3.89. The summed E-state index contributed by atoms with van der Waals surface area (Å²) in [5.41, 5.74) is 0.918. The zero-order valence-electron chi connectivity index (χ0n) is 25.6. The van der Waals surface area contributed by atoms with E-state index >= 15 is 0 Å². The molecule has 3 N–H and O–H groups in total. The molecule has 13 nitrogen and oxygen atoms in total. The topological polar surface area (TPSA) is 168 Å². The predicted octanol–water partition coefficient (Wildman–Crippen LogP) is 0.859. The molecular formula is C30H42N4O9S2. The molecular weight excluding hydrogens is 624 g/mol. The number of sulfone groups is 1. The number of likely N-dealkylation sites (N-methyl/N-ethyl adjacent to an activating group) is 1. The Morgan fingerprint density at radius 2 is 1.91 bits per heavy atom. The number of nitrogens with zero attached hydrogens (tertiary/aromatic N) is 3. The number of pyridine rings is 1. The fraction of sp³-hybridized carbons (Fsp3) is 0.633. The number of rotatable bonds is 11. The second-order valence-electron chi connectivity index (χ2n) is 12.7. The monoisotopic (exact) mass is 666 g/mol. The quantitative estimate of drug-likeness (QED) is 0.310. The molecule has 1 aliphatic carbocycles. The van der Waals surface area contributed by atoms with E-state index in [9.17, 15) is 27.0 Å². The fourth-order valence-electron chi connectivity index (χ4n) is 6.54. The van der Waals surface area contributed by atoms with Gasteiger partial charge < -0.3 is 34.6 Å². The third-order valence-corrected chi connectivity index (χ3v) is 14.2. The van der Waals surface area contributed by atoms with E-state index in [-0.39, 0.29) is 29.0 Å². The summed E-state index contributed by atoms with van der Waals surface area (Å²) >= 11 is 0. The standard InChI is InChI=1S/C30H42N4O9S2/c1-21-26(17-32-28-27(21)33(2)12-13-41-28)45(39,40)34-10-8-29(9-11-34)15-22(18-43-29)31-16-23(36)19-42-24-4-3-5-25(14-24)44(37,38)30(20-35)6-7-30/h3-5,14,17,22-23,31,35-36H,6-13,15-16,18-20H2,1-2H3/t22-,23?/m0/s1. The Morgan fingerprint density at radius 1 is 1.16 bits per heavy atom. The van der Waals surface area contributed by atoms with E-state index in [0.29, 0.717) is 87.8 Å². The number of fused-ring (bicyclic) bond motifs is 1. The lowest BCUT2D eigenvalue weighted by Crippen LogP contribution is -2.47. The van der Waals surface area contributed by atoms with Crippen molar-refractivity contribution < 1.29 is 41.3 Å². The molecule has 248 valence electrons. The molecule has 0 bridgehead atoms. The van der Waals surface area contributed by atoms with Crippen LogP contribution in [0, 0.1) is 6.92 Å². The normalized spacial score (nSPS) is 23.4. The van der Waals surface area contributed by atoms with Gasteiger partial charge in [0, 0.05) is 32.7 Å². The van der Waals surface area contributed by atoms with Crippen molar-refractivity contribution in [3.8, 4) is 11.6 Å². The van der Waals surface area contributed by atoms with Crippen molar-refractivity contribution in [2.75, 3.05) is 64.6 Å². The first-order valence-corrected chi connectivity index (χ1v) is 18.3. The van der Waals surface area contributed by atoms with Crippen molar-refractivity contribution in [3.05, 3.63) is 36.0 Å². The highest BCUT2D eigenvalue weighted by Gasteiger charge is 2.54. The number of hydrogen-bond acceptors (Lipinski definition) is 12. The molecule has 4 aliphatic rings. The van der Waals surface area contributed by atoms with Crippen molar-refractivity contribution in [2.24, 2.45) is 0 Å². The first-order valence-electron chi connectivity index (χ1n) is 15.4. The number of aliphatic hydroxyl groups excluding tert-OH is 2. The van der Waals surface area contributed by atoms with Gasteiger partial charge in [-0.25, -0.2) is 21.8 Å². The molecule has 1 aromatic heterocycles. The minimum absolute atomic E-state index is 0.00730. The number of sulfonamides is 1. The van der Waals surface area contributed by atoms with Crippen LogP contribution < -0.4 is 19.7 Å². The van der Waals surface area contributed by atoms with Crippen LogP contribution >= 0.6 is 0 Å². The Morgan fingerprint density at radius 3 is 2.62 bits per heavy atom. The number of anilines is 1. The van der Waals surface area contributed by atoms with Crippen molar-refractivity contribution >= 4 is 25.5 Å². The number of piperidine rings is 1. The Bertz CT molecular complexity index is 1620. The second-order valence-corrected chi connectivity index (χ2v) is 16.9. The molecule has 4 heterocycles. The average molecular weight is 667 g/mol. The third kappa shape index (κ3) is 6.15. The fourth-order valence-corrected chi connectivity index (χ4v) is 9.99. The van der Waals surface area contributed by atoms with E-state index in [1.54, 1.807) is 19.1 Å². The van der Waals surface area contributed by atoms with Gasteiger partial charge in [-0.15, -0.1) is 0 Å². The SMILES string of the molecule is Cc1c(S(=O)(=O)N2CCC3(CC2)C[C@H](NCC(O)COc2cccc(S(=O)(=O)C4(CO)CC4)c2)CO3)cnc2c1N(C)CCO2. The van der Waals surface area contributed by atoms with E-state index in [0.717, 1.165) is 0 Å². The first-order chi connectivity index (χ1) is 21.4. The number of aliphatic hydroxyl groups is 2. The largest absolute Gasteiger partial charge is 0.491 e. The molecule has 3 aliphatic heterocycles. The van der Waals surface area contributed by atoms with Crippen LogP contribution in [0.1, 0.15) is 37.7 Å². The minimum atomic E-state index is -3.75. The lowest BCUT2D eigenvalue weighted by molar-refractivity contribution is -0.0312. The van der Waals surface area contributed by atoms with Crippen LogP contribution in [0.2, 0.25) is 0 Å². The molecule has 0 radical (unpaired) electrons. The van der Waals surface area contributed by atoms with E-state index in [4.69, 9.17) is 14.2 Å². The number of nitrogens with one attached hydrogen (secondary N) is 1. The minimum Gasteiger partial charge on any atom is -0.491 e. The maximum atomic E-state index is 13.6. The molecule has 0 amide bonds. The van der Waals surface area contributed by atoms with Gasteiger partial charge in [0.25, 0.3) is 0 Å². The molecule has 1 unspecified atom stereocenters. The summed E-state index contributed by atoms with van der Waals surface area (Å²) in [5, 5.41) is 23.5. The number of hydrogen-bond donors (Lipinski definition) is 3. The third-order valence-electron chi connectivity index (χ3n) is 9.60. The molecule has 15 heteroatoms. The molecule has 1 spiro atoms. The van der Waals surface area contributed by atoms with Gasteiger partial charge in [-0.3, -0.25) is 0 Å². The second kappa shape index (κ2) is 12.2. The van der Waals surface area contributed by atoms with Crippen molar-refractivity contribution in [1.29, 1.82) is 0 Å². The molecule has 2 aromatic rings. The Hall–Kier alpha value is -2.53. The van der Waals surface area contributed by atoms with Gasteiger partial charge in [-0.1, -0.05) is 6.07 Å². The molecule has 3 fully saturated rings. The van der Waals surface area contributed by atoms with Crippen LogP contribution in [-0.4, -0.2) is 118 Å². The molecule has 1 aromatic carbocycles. The van der Waals surface area contributed by atoms with Gasteiger partial charge in [0.15, 0.2) is 9.84 Å². The lowest BCUT2D eigenvalue weighted by Gasteiger charge is -2.38. The first kappa shape index (κ1) is 32.4. The number of ether oxygens (including phenoxy) is 3. The van der Waals surface area contributed by atoms with Crippen molar-refractivity contribution in [1.82, 2.24) is 14.6 Å². The van der Waals surface area contributed by atoms with Gasteiger partial charge in [0.05, 0.1) is 41.2 Å². The number of benzene rings is 1. The van der Waals surface area contributed by atoms with Crippen molar-refractivity contribution in [3.63, 3.8) is 0 Å². The van der Waals surface area contributed by atoms with Crippen LogP contribution in [-0.2, 0) is 24.6 Å². The smallest absolute Gasteiger partial charge is 0.244 e. The van der Waals surface area contributed by atoms with E-state index < -0.39 is 42.9 Å².